The number of hydrogen-bond donors (Lipinski definition) is 2. The Morgan fingerprint density at radius 3 is 2.69 bits per heavy atom. The lowest BCUT2D eigenvalue weighted by molar-refractivity contribution is 0.0843. The molecule has 0 bridgehead atoms. The van der Waals surface area contributed by atoms with E-state index < -0.39 is 11.7 Å². The second-order valence-electron chi connectivity index (χ2n) is 4.50. The maximum absolute atomic E-state index is 13.4. The summed E-state index contributed by atoms with van der Waals surface area (Å²) < 4.78 is 13.4. The predicted octanol–water partition coefficient (Wildman–Crippen LogP) is 2.20. The van der Waals surface area contributed by atoms with Gasteiger partial charge in [0.1, 0.15) is 17.1 Å². The monoisotopic (exact) mass is 223 g/mol. The van der Waals surface area contributed by atoms with Gasteiger partial charge in [0.15, 0.2) is 0 Å². The normalized spacial score (nSPS) is 17.6. The van der Waals surface area contributed by atoms with Crippen LogP contribution in [0.1, 0.15) is 36.5 Å². The summed E-state index contributed by atoms with van der Waals surface area (Å²) >= 11 is 0. The second kappa shape index (κ2) is 3.77. The Morgan fingerprint density at radius 2 is 2.19 bits per heavy atom. The van der Waals surface area contributed by atoms with Crippen LogP contribution < -0.4 is 5.32 Å². The number of amides is 1. The highest BCUT2D eigenvalue weighted by atomic mass is 19.1. The van der Waals surface area contributed by atoms with Crippen LogP contribution in [0.15, 0.2) is 18.2 Å². The van der Waals surface area contributed by atoms with Gasteiger partial charge in [-0.15, -0.1) is 0 Å². The molecule has 2 rings (SSSR count). The van der Waals surface area contributed by atoms with Crippen LogP contribution in [-0.2, 0) is 0 Å². The highest BCUT2D eigenvalue weighted by Crippen LogP contribution is 2.32. The lowest BCUT2D eigenvalue weighted by atomic mass is 9.78. The van der Waals surface area contributed by atoms with Crippen molar-refractivity contribution in [2.24, 2.45) is 0 Å². The molecule has 0 radical (unpaired) electrons. The van der Waals surface area contributed by atoms with Crippen LogP contribution in [-0.4, -0.2) is 16.6 Å². The molecular formula is C12H14FNO2. The molecular weight excluding hydrogens is 209 g/mol. The van der Waals surface area contributed by atoms with Crippen LogP contribution in [0.3, 0.4) is 0 Å². The molecule has 1 fully saturated rings. The fourth-order valence-corrected chi connectivity index (χ4v) is 1.91. The largest absolute Gasteiger partial charge is 0.507 e. The standard InChI is InChI=1S/C12H14FNO2/c1-12(6-3-7-12)14-11(16)10-8(13)4-2-5-9(10)15/h2,4-5,15H,3,6-7H2,1H3,(H,14,16). The van der Waals surface area contributed by atoms with Gasteiger partial charge in [0.2, 0.25) is 0 Å². The number of phenols is 1. The number of carbonyl (C=O) groups is 1. The van der Waals surface area contributed by atoms with Crippen molar-refractivity contribution < 1.29 is 14.3 Å². The van der Waals surface area contributed by atoms with Gasteiger partial charge in [-0.25, -0.2) is 4.39 Å². The SMILES string of the molecule is CC1(NC(=O)c2c(O)cccc2F)CCC1. The number of nitrogens with one attached hydrogen (secondary N) is 1. The van der Waals surface area contributed by atoms with Gasteiger partial charge in [-0.3, -0.25) is 4.79 Å². The molecule has 3 nitrogen and oxygen atoms in total. The van der Waals surface area contributed by atoms with E-state index in [0.717, 1.165) is 25.3 Å². The third-order valence-corrected chi connectivity index (χ3v) is 3.09. The Kier molecular flexibility index (Phi) is 2.58. The summed E-state index contributed by atoms with van der Waals surface area (Å²) in [6, 6.07) is 3.84. The van der Waals surface area contributed by atoms with Crippen molar-refractivity contribution in [2.75, 3.05) is 0 Å². The Bertz CT molecular complexity index is 407. The third kappa shape index (κ3) is 1.87. The number of rotatable bonds is 2. The molecule has 1 aromatic carbocycles. The highest BCUT2D eigenvalue weighted by Gasteiger charge is 2.34. The summed E-state index contributed by atoms with van der Waals surface area (Å²) in [5.41, 5.74) is -0.512. The maximum Gasteiger partial charge on any atom is 0.258 e. The van der Waals surface area contributed by atoms with Crippen molar-refractivity contribution in [3.8, 4) is 5.75 Å². The molecule has 1 aromatic rings. The van der Waals surface area contributed by atoms with Gasteiger partial charge in [-0.2, -0.15) is 0 Å². The lowest BCUT2D eigenvalue weighted by Gasteiger charge is -2.39. The average Bonchev–Trinajstić information content (AvgIpc) is 2.15. The van der Waals surface area contributed by atoms with Crippen molar-refractivity contribution in [2.45, 2.75) is 31.7 Å². The molecule has 0 aliphatic heterocycles. The molecule has 86 valence electrons. The van der Waals surface area contributed by atoms with E-state index >= 15 is 0 Å². The molecule has 1 aliphatic rings. The minimum absolute atomic E-state index is 0.244. The van der Waals surface area contributed by atoms with Gasteiger partial charge in [0.25, 0.3) is 5.91 Å². The van der Waals surface area contributed by atoms with Crippen molar-refractivity contribution >= 4 is 5.91 Å². The molecule has 4 heteroatoms. The van der Waals surface area contributed by atoms with Crippen molar-refractivity contribution in [3.05, 3.63) is 29.6 Å². The van der Waals surface area contributed by atoms with Crippen molar-refractivity contribution in [1.82, 2.24) is 5.32 Å². The molecule has 0 saturated heterocycles. The Morgan fingerprint density at radius 1 is 1.50 bits per heavy atom. The first kappa shape index (κ1) is 10.9. The molecule has 0 spiro atoms. The van der Waals surface area contributed by atoms with E-state index in [1.165, 1.54) is 12.1 Å². The summed E-state index contributed by atoms with van der Waals surface area (Å²) in [4.78, 5) is 11.8. The quantitative estimate of drug-likeness (QED) is 0.807. The van der Waals surface area contributed by atoms with Crippen molar-refractivity contribution in [3.63, 3.8) is 0 Å². The van der Waals surface area contributed by atoms with E-state index in [2.05, 4.69) is 5.32 Å². The van der Waals surface area contributed by atoms with Crippen molar-refractivity contribution in [1.29, 1.82) is 0 Å². The summed E-state index contributed by atoms with van der Waals surface area (Å²) in [5, 5.41) is 12.2. The number of hydrogen-bond acceptors (Lipinski definition) is 2. The minimum Gasteiger partial charge on any atom is -0.507 e. The maximum atomic E-state index is 13.4. The fourth-order valence-electron chi connectivity index (χ4n) is 1.91. The first-order chi connectivity index (χ1) is 7.52. The van der Waals surface area contributed by atoms with Gasteiger partial charge in [-0.05, 0) is 38.3 Å². The fraction of sp³-hybridized carbons (Fsp3) is 0.417. The first-order valence-corrected chi connectivity index (χ1v) is 5.32. The van der Waals surface area contributed by atoms with E-state index in [9.17, 15) is 14.3 Å². The average molecular weight is 223 g/mol. The summed E-state index contributed by atoms with van der Waals surface area (Å²) in [5.74, 6) is -1.56. The van der Waals surface area contributed by atoms with Crippen LogP contribution >= 0.6 is 0 Å². The van der Waals surface area contributed by atoms with Crippen LogP contribution in [0.5, 0.6) is 5.75 Å². The number of benzene rings is 1. The Labute approximate surface area is 93.3 Å². The van der Waals surface area contributed by atoms with Gasteiger partial charge >= 0.3 is 0 Å². The van der Waals surface area contributed by atoms with Gasteiger partial charge < -0.3 is 10.4 Å². The van der Waals surface area contributed by atoms with Crippen LogP contribution in [0, 0.1) is 5.82 Å². The molecule has 2 N–H and O–H groups in total. The Balaban J connectivity index is 2.20. The molecule has 16 heavy (non-hydrogen) atoms. The molecule has 1 saturated carbocycles. The third-order valence-electron chi connectivity index (χ3n) is 3.09. The number of halogens is 1. The molecule has 0 heterocycles. The molecule has 0 unspecified atom stereocenters. The Hall–Kier alpha value is -1.58. The van der Waals surface area contributed by atoms with Gasteiger partial charge in [0, 0.05) is 5.54 Å². The van der Waals surface area contributed by atoms with Crippen LogP contribution in [0.25, 0.3) is 0 Å². The molecule has 1 aliphatic carbocycles. The second-order valence-corrected chi connectivity index (χ2v) is 4.50. The zero-order valence-corrected chi connectivity index (χ0v) is 9.09. The van der Waals surface area contributed by atoms with E-state index in [0.29, 0.717) is 0 Å². The topological polar surface area (TPSA) is 49.3 Å². The van der Waals surface area contributed by atoms with Crippen LogP contribution in [0.4, 0.5) is 4.39 Å². The number of aromatic hydroxyl groups is 1. The molecule has 0 atom stereocenters. The zero-order valence-electron chi connectivity index (χ0n) is 9.09. The van der Waals surface area contributed by atoms with E-state index in [-0.39, 0.29) is 16.9 Å². The summed E-state index contributed by atoms with van der Waals surface area (Å²) in [7, 11) is 0. The smallest absolute Gasteiger partial charge is 0.258 e. The number of phenolic OH excluding ortho intramolecular Hbond substituents is 1. The molecule has 1 amide bonds. The van der Waals surface area contributed by atoms with E-state index in [1.54, 1.807) is 0 Å². The summed E-state index contributed by atoms with van der Waals surface area (Å²) in [6.45, 7) is 1.92. The minimum atomic E-state index is -0.694. The van der Waals surface area contributed by atoms with E-state index in [4.69, 9.17) is 0 Å². The molecule has 0 aromatic heterocycles. The first-order valence-electron chi connectivity index (χ1n) is 5.32. The van der Waals surface area contributed by atoms with E-state index in [1.807, 2.05) is 6.92 Å². The van der Waals surface area contributed by atoms with Gasteiger partial charge in [0.05, 0.1) is 0 Å². The van der Waals surface area contributed by atoms with Crippen LogP contribution in [0.2, 0.25) is 0 Å². The number of carbonyl (C=O) groups excluding carboxylic acids is 1. The lowest BCUT2D eigenvalue weighted by Crippen LogP contribution is -2.51. The zero-order chi connectivity index (χ0) is 11.8. The predicted molar refractivity (Wildman–Crippen MR) is 57.8 cm³/mol. The highest BCUT2D eigenvalue weighted by molar-refractivity contribution is 5.97. The van der Waals surface area contributed by atoms with Gasteiger partial charge in [-0.1, -0.05) is 6.07 Å². The summed E-state index contributed by atoms with van der Waals surface area (Å²) in [6.07, 6.45) is 2.86.